The Kier molecular flexibility index (Phi) is 6.75. The zero-order valence-corrected chi connectivity index (χ0v) is 19.1. The van der Waals surface area contributed by atoms with Crippen LogP contribution in [0, 0.1) is 12.8 Å². The average molecular weight is 424 g/mol. The molecule has 0 radical (unpaired) electrons. The third-order valence-corrected chi connectivity index (χ3v) is 7.15. The van der Waals surface area contributed by atoms with Crippen molar-refractivity contribution in [1.82, 2.24) is 20.5 Å². The summed E-state index contributed by atoms with van der Waals surface area (Å²) in [4.78, 5) is 11.8. The van der Waals surface area contributed by atoms with Crippen LogP contribution >= 0.6 is 11.3 Å². The second-order valence-electron chi connectivity index (χ2n) is 8.34. The van der Waals surface area contributed by atoms with E-state index < -0.39 is 0 Å². The lowest BCUT2D eigenvalue weighted by atomic mass is 9.88. The van der Waals surface area contributed by atoms with Crippen molar-refractivity contribution in [3.05, 3.63) is 57.9 Å². The van der Waals surface area contributed by atoms with Crippen LogP contribution in [0.15, 0.2) is 46.9 Å². The van der Waals surface area contributed by atoms with Crippen LogP contribution < -0.4 is 10.6 Å². The molecule has 2 unspecified atom stereocenters. The highest BCUT2D eigenvalue weighted by Crippen LogP contribution is 2.36. The zero-order valence-electron chi connectivity index (χ0n) is 18.2. The van der Waals surface area contributed by atoms with Gasteiger partial charge in [0.2, 0.25) is 0 Å². The number of nitrogens with one attached hydrogen (secondary N) is 3. The molecule has 1 aromatic carbocycles. The number of benzene rings is 1. The molecule has 0 spiro atoms. The molecule has 1 fully saturated rings. The number of aromatic amines is 1. The van der Waals surface area contributed by atoms with Crippen LogP contribution in [0.2, 0.25) is 0 Å². The molecular weight excluding hydrogens is 390 g/mol. The number of nitrogens with zero attached hydrogens (tertiary/aromatic N) is 2. The number of aliphatic imine (C=N–C) groups is 1. The maximum Gasteiger partial charge on any atom is 0.190 e. The highest BCUT2D eigenvalue weighted by molar-refractivity contribution is 7.10. The summed E-state index contributed by atoms with van der Waals surface area (Å²) in [6, 6.07) is 11.5. The van der Waals surface area contributed by atoms with Crippen molar-refractivity contribution < 1.29 is 0 Å². The summed E-state index contributed by atoms with van der Waals surface area (Å²) in [5, 5.41) is 10.6. The van der Waals surface area contributed by atoms with Gasteiger partial charge in [-0.15, -0.1) is 11.3 Å². The molecule has 160 valence electrons. The van der Waals surface area contributed by atoms with E-state index in [2.05, 4.69) is 81.4 Å². The SMILES string of the molecule is CN=C(NCCc1c[nH]c2cc(C)ccc12)NCC1CCCN(C)C1c1cccs1. The summed E-state index contributed by atoms with van der Waals surface area (Å²) in [5.74, 6) is 1.49. The van der Waals surface area contributed by atoms with E-state index in [9.17, 15) is 0 Å². The minimum atomic E-state index is 0.499. The van der Waals surface area contributed by atoms with Crippen molar-refractivity contribution >= 4 is 28.2 Å². The van der Waals surface area contributed by atoms with Crippen LogP contribution in [0.5, 0.6) is 0 Å². The quantitative estimate of drug-likeness (QED) is 0.409. The molecule has 3 aromatic rings. The molecule has 2 aromatic heterocycles. The second kappa shape index (κ2) is 9.67. The predicted octanol–water partition coefficient (Wildman–Crippen LogP) is 4.33. The largest absolute Gasteiger partial charge is 0.361 e. The van der Waals surface area contributed by atoms with Gasteiger partial charge in [-0.3, -0.25) is 9.89 Å². The first-order valence-corrected chi connectivity index (χ1v) is 11.8. The summed E-state index contributed by atoms with van der Waals surface area (Å²) in [6.07, 6.45) is 5.61. The van der Waals surface area contributed by atoms with E-state index in [-0.39, 0.29) is 0 Å². The van der Waals surface area contributed by atoms with Crippen molar-refractivity contribution in [2.24, 2.45) is 10.9 Å². The second-order valence-corrected chi connectivity index (χ2v) is 9.32. The van der Waals surface area contributed by atoms with E-state index in [1.165, 1.54) is 46.3 Å². The highest BCUT2D eigenvalue weighted by Gasteiger charge is 2.31. The van der Waals surface area contributed by atoms with E-state index in [1.54, 1.807) is 0 Å². The summed E-state index contributed by atoms with van der Waals surface area (Å²) < 4.78 is 0. The molecule has 6 heteroatoms. The Hall–Kier alpha value is -2.31. The van der Waals surface area contributed by atoms with Gasteiger partial charge in [0.1, 0.15) is 0 Å². The van der Waals surface area contributed by atoms with Crippen molar-refractivity contribution in [1.29, 1.82) is 0 Å². The van der Waals surface area contributed by atoms with Crippen molar-refractivity contribution in [3.8, 4) is 0 Å². The number of fused-ring (bicyclic) bond motifs is 1. The van der Waals surface area contributed by atoms with Crippen LogP contribution in [0.3, 0.4) is 0 Å². The fourth-order valence-electron chi connectivity index (χ4n) is 4.65. The van der Waals surface area contributed by atoms with Gasteiger partial charge >= 0.3 is 0 Å². The number of thiophene rings is 1. The zero-order chi connectivity index (χ0) is 20.9. The molecule has 4 rings (SSSR count). The van der Waals surface area contributed by atoms with Crippen LogP contribution in [0.1, 0.15) is 34.9 Å². The van der Waals surface area contributed by atoms with E-state index in [4.69, 9.17) is 0 Å². The first-order valence-electron chi connectivity index (χ1n) is 10.9. The third-order valence-electron chi connectivity index (χ3n) is 6.21. The molecule has 5 nitrogen and oxygen atoms in total. The number of guanidine groups is 1. The highest BCUT2D eigenvalue weighted by atomic mass is 32.1. The third kappa shape index (κ3) is 4.71. The standard InChI is InChI=1S/C24H33N5S/c1-17-8-9-20-18(15-27-21(20)14-17)10-11-26-24(25-2)28-16-19-6-4-12-29(3)23(19)22-7-5-13-30-22/h5,7-9,13-15,19,23,27H,4,6,10-12,16H2,1-3H3,(H2,25,26,28). The minimum Gasteiger partial charge on any atom is -0.361 e. The molecule has 30 heavy (non-hydrogen) atoms. The number of likely N-dealkylation sites (tertiary alicyclic amines) is 1. The molecule has 0 saturated carbocycles. The molecule has 2 atom stereocenters. The Morgan fingerprint density at radius 3 is 3.00 bits per heavy atom. The normalized spacial score (nSPS) is 20.6. The number of hydrogen-bond acceptors (Lipinski definition) is 3. The van der Waals surface area contributed by atoms with Gasteiger partial charge in [0.05, 0.1) is 0 Å². The summed E-state index contributed by atoms with van der Waals surface area (Å²) >= 11 is 1.87. The topological polar surface area (TPSA) is 55.5 Å². The summed E-state index contributed by atoms with van der Waals surface area (Å²) in [5.41, 5.74) is 3.85. The van der Waals surface area contributed by atoms with Gasteiger partial charge < -0.3 is 15.6 Å². The lowest BCUT2D eigenvalue weighted by molar-refractivity contribution is 0.125. The molecule has 1 aliphatic heterocycles. The Morgan fingerprint density at radius 2 is 2.20 bits per heavy atom. The maximum absolute atomic E-state index is 4.45. The monoisotopic (exact) mass is 423 g/mol. The van der Waals surface area contributed by atoms with E-state index in [0.29, 0.717) is 12.0 Å². The molecule has 1 aliphatic rings. The first-order chi connectivity index (χ1) is 14.7. The van der Waals surface area contributed by atoms with Crippen molar-refractivity contribution in [3.63, 3.8) is 0 Å². The van der Waals surface area contributed by atoms with Gasteiger partial charge in [-0.2, -0.15) is 0 Å². The van der Waals surface area contributed by atoms with Gasteiger partial charge in [0.15, 0.2) is 5.96 Å². The van der Waals surface area contributed by atoms with E-state index in [0.717, 1.165) is 25.5 Å². The van der Waals surface area contributed by atoms with Crippen LogP contribution in [0.4, 0.5) is 0 Å². The average Bonchev–Trinajstić information content (AvgIpc) is 3.40. The van der Waals surface area contributed by atoms with Gasteiger partial charge in [-0.05, 0) is 74.3 Å². The molecule has 0 amide bonds. The van der Waals surface area contributed by atoms with Gasteiger partial charge in [0, 0.05) is 48.2 Å². The molecule has 3 heterocycles. The lowest BCUT2D eigenvalue weighted by Crippen LogP contribution is -2.45. The maximum atomic E-state index is 4.45. The van der Waals surface area contributed by atoms with Gasteiger partial charge in [-0.25, -0.2) is 0 Å². The molecule has 1 saturated heterocycles. The first kappa shape index (κ1) is 20.9. The lowest BCUT2D eigenvalue weighted by Gasteiger charge is -2.39. The Labute approximate surface area is 183 Å². The van der Waals surface area contributed by atoms with Crippen LogP contribution in [-0.2, 0) is 6.42 Å². The van der Waals surface area contributed by atoms with Crippen molar-refractivity contribution in [2.75, 3.05) is 33.7 Å². The summed E-state index contributed by atoms with van der Waals surface area (Å²) in [6.45, 7) is 5.11. The number of hydrogen-bond donors (Lipinski definition) is 3. The number of aromatic nitrogens is 1. The molecular formula is C24H33N5S. The van der Waals surface area contributed by atoms with Crippen molar-refractivity contribution in [2.45, 2.75) is 32.2 Å². The van der Waals surface area contributed by atoms with Gasteiger partial charge in [0.25, 0.3) is 0 Å². The van der Waals surface area contributed by atoms with Gasteiger partial charge in [-0.1, -0.05) is 18.2 Å². The predicted molar refractivity (Wildman–Crippen MR) is 129 cm³/mol. The number of rotatable bonds is 6. The smallest absolute Gasteiger partial charge is 0.190 e. The van der Waals surface area contributed by atoms with E-state index in [1.807, 2.05) is 18.4 Å². The van der Waals surface area contributed by atoms with E-state index >= 15 is 0 Å². The number of piperidine rings is 1. The Morgan fingerprint density at radius 1 is 1.30 bits per heavy atom. The van der Waals surface area contributed by atoms with Crippen LogP contribution in [0.25, 0.3) is 10.9 Å². The summed E-state index contributed by atoms with van der Waals surface area (Å²) in [7, 11) is 4.11. The number of aryl methyl sites for hydroxylation is 1. The Balaban J connectivity index is 1.31. The molecule has 3 N–H and O–H groups in total. The van der Waals surface area contributed by atoms with Crippen LogP contribution in [-0.4, -0.2) is 49.6 Å². The number of H-pyrrole nitrogens is 1. The fraction of sp³-hybridized carbons (Fsp3) is 0.458. The minimum absolute atomic E-state index is 0.499. The molecule has 0 bridgehead atoms. The Bertz CT molecular complexity index is 975. The molecule has 0 aliphatic carbocycles. The fourth-order valence-corrected chi connectivity index (χ4v) is 5.64.